The lowest BCUT2D eigenvalue weighted by atomic mass is 9.98. The van der Waals surface area contributed by atoms with Crippen LogP contribution in [0.1, 0.15) is 6.23 Å². The van der Waals surface area contributed by atoms with Crippen molar-refractivity contribution in [2.24, 2.45) is 0 Å². The van der Waals surface area contributed by atoms with Crippen LogP contribution in [0.5, 0.6) is 0 Å². The molecule has 1 unspecified atom stereocenters. The molecule has 7 nitrogen and oxygen atoms in total. The van der Waals surface area contributed by atoms with Gasteiger partial charge in [0.25, 0.3) is 0 Å². The molecule has 1 aromatic heterocycles. The van der Waals surface area contributed by atoms with E-state index in [0.717, 1.165) is 4.57 Å². The van der Waals surface area contributed by atoms with Gasteiger partial charge in [0.15, 0.2) is 18.0 Å². The van der Waals surface area contributed by atoms with E-state index < -0.39 is 36.4 Å². The number of terminal acetylenes is 1. The summed E-state index contributed by atoms with van der Waals surface area (Å²) in [5, 5.41) is 18.9. The summed E-state index contributed by atoms with van der Waals surface area (Å²) in [6, 6.07) is 1.28. The fourth-order valence-electron chi connectivity index (χ4n) is 1.89. The van der Waals surface area contributed by atoms with E-state index in [1.54, 1.807) is 0 Å². The minimum atomic E-state index is -1.98. The minimum Gasteiger partial charge on any atom is -0.392 e. The standard InChI is InChI=1S/C11H12FN3O4/c1-2-11(5-16)8(17)7(12)9(19-11)15-4-3-6(13)14-10(15)18/h1,3-4,7-9,16-17H,5H2,(H2,13,14,18)/t7?,8-,9+,11+/m0/s1. The number of hydrogen-bond acceptors (Lipinski definition) is 6. The smallest absolute Gasteiger partial charge is 0.351 e. The van der Waals surface area contributed by atoms with Gasteiger partial charge in [0.2, 0.25) is 0 Å². The Balaban J connectivity index is 2.43. The number of ether oxygens (including phenoxy) is 1. The summed E-state index contributed by atoms with van der Waals surface area (Å²) < 4.78 is 20.0. The Labute approximate surface area is 107 Å². The van der Waals surface area contributed by atoms with Gasteiger partial charge in [0.05, 0.1) is 6.61 Å². The highest BCUT2D eigenvalue weighted by molar-refractivity contribution is 5.24. The van der Waals surface area contributed by atoms with Crippen LogP contribution < -0.4 is 11.4 Å². The van der Waals surface area contributed by atoms with Crippen LogP contribution in [-0.2, 0) is 4.74 Å². The maximum atomic E-state index is 14.0. The molecule has 0 saturated carbocycles. The van der Waals surface area contributed by atoms with Gasteiger partial charge in [-0.3, -0.25) is 4.57 Å². The van der Waals surface area contributed by atoms with Crippen molar-refractivity contribution < 1.29 is 19.3 Å². The van der Waals surface area contributed by atoms with Crippen molar-refractivity contribution in [1.82, 2.24) is 9.55 Å². The van der Waals surface area contributed by atoms with Crippen LogP contribution >= 0.6 is 0 Å². The predicted molar refractivity (Wildman–Crippen MR) is 62.6 cm³/mol. The molecule has 8 heteroatoms. The summed E-state index contributed by atoms with van der Waals surface area (Å²) in [4.78, 5) is 15.0. The Kier molecular flexibility index (Phi) is 3.28. The van der Waals surface area contributed by atoms with Gasteiger partial charge in [-0.05, 0) is 6.07 Å². The maximum Gasteiger partial charge on any atom is 0.351 e. The first-order valence-corrected chi connectivity index (χ1v) is 5.38. The van der Waals surface area contributed by atoms with Gasteiger partial charge in [-0.2, -0.15) is 4.98 Å². The first kappa shape index (κ1) is 13.5. The quantitative estimate of drug-likeness (QED) is 0.559. The molecule has 0 radical (unpaired) electrons. The number of nitrogens with zero attached hydrogens (tertiary/aromatic N) is 2. The Morgan fingerprint density at radius 2 is 2.42 bits per heavy atom. The number of alkyl halides is 1. The van der Waals surface area contributed by atoms with Crippen molar-refractivity contribution in [2.75, 3.05) is 12.3 Å². The van der Waals surface area contributed by atoms with Crippen molar-refractivity contribution >= 4 is 5.82 Å². The molecule has 2 heterocycles. The van der Waals surface area contributed by atoms with Gasteiger partial charge in [-0.15, -0.1) is 6.42 Å². The summed E-state index contributed by atoms with van der Waals surface area (Å²) in [5.41, 5.74) is 2.59. The average Bonchev–Trinajstić information content (AvgIpc) is 2.64. The number of aromatic nitrogens is 2. The molecule has 1 aromatic rings. The zero-order chi connectivity index (χ0) is 14.2. The molecular formula is C11H12FN3O4. The highest BCUT2D eigenvalue weighted by Crippen LogP contribution is 2.37. The van der Waals surface area contributed by atoms with Crippen LogP contribution in [0.3, 0.4) is 0 Å². The highest BCUT2D eigenvalue weighted by atomic mass is 19.1. The molecule has 0 spiro atoms. The van der Waals surface area contributed by atoms with Gasteiger partial charge in [-0.1, -0.05) is 5.92 Å². The predicted octanol–water partition coefficient (Wildman–Crippen LogP) is -1.58. The normalized spacial score (nSPS) is 34.1. The van der Waals surface area contributed by atoms with Crippen molar-refractivity contribution in [3.8, 4) is 12.3 Å². The lowest BCUT2D eigenvalue weighted by Gasteiger charge is -2.23. The number of nitrogens with two attached hydrogens (primary N) is 1. The van der Waals surface area contributed by atoms with Crippen LogP contribution in [0.25, 0.3) is 0 Å². The van der Waals surface area contributed by atoms with E-state index in [1.807, 2.05) is 5.92 Å². The number of nitrogen functional groups attached to an aromatic ring is 1. The number of halogens is 1. The van der Waals surface area contributed by atoms with Gasteiger partial charge in [0.1, 0.15) is 11.9 Å². The van der Waals surface area contributed by atoms with E-state index in [0.29, 0.717) is 0 Å². The number of anilines is 1. The van der Waals surface area contributed by atoms with E-state index >= 15 is 0 Å². The fourth-order valence-corrected chi connectivity index (χ4v) is 1.89. The molecule has 2 rings (SSSR count). The lowest BCUT2D eigenvalue weighted by molar-refractivity contribution is -0.0922. The number of aliphatic hydroxyl groups is 2. The molecule has 1 aliphatic rings. The molecular weight excluding hydrogens is 257 g/mol. The van der Waals surface area contributed by atoms with E-state index in [1.165, 1.54) is 12.3 Å². The van der Waals surface area contributed by atoms with E-state index in [4.69, 9.17) is 22.0 Å². The van der Waals surface area contributed by atoms with Gasteiger partial charge in [-0.25, -0.2) is 9.18 Å². The van der Waals surface area contributed by atoms with Crippen molar-refractivity contribution in [3.05, 3.63) is 22.7 Å². The molecule has 1 saturated heterocycles. The van der Waals surface area contributed by atoms with Crippen LogP contribution in [0, 0.1) is 12.3 Å². The first-order chi connectivity index (χ1) is 8.95. The molecule has 102 valence electrons. The van der Waals surface area contributed by atoms with Crippen LogP contribution in [0.2, 0.25) is 0 Å². The zero-order valence-electron chi connectivity index (χ0n) is 9.73. The Morgan fingerprint density at radius 3 is 2.89 bits per heavy atom. The largest absolute Gasteiger partial charge is 0.392 e. The molecule has 19 heavy (non-hydrogen) atoms. The summed E-state index contributed by atoms with van der Waals surface area (Å²) in [6.07, 6.45) is 1.12. The molecule has 0 aliphatic carbocycles. The van der Waals surface area contributed by atoms with Gasteiger partial charge in [0, 0.05) is 6.20 Å². The Hall–Kier alpha value is -1.95. The van der Waals surface area contributed by atoms with Crippen molar-refractivity contribution in [2.45, 2.75) is 24.1 Å². The monoisotopic (exact) mass is 269 g/mol. The van der Waals surface area contributed by atoms with Gasteiger partial charge >= 0.3 is 5.69 Å². The topological polar surface area (TPSA) is 111 Å². The van der Waals surface area contributed by atoms with Crippen LogP contribution in [0.15, 0.2) is 17.1 Å². The maximum absolute atomic E-state index is 14.0. The Morgan fingerprint density at radius 1 is 1.74 bits per heavy atom. The van der Waals surface area contributed by atoms with E-state index in [9.17, 15) is 14.3 Å². The second-order valence-electron chi connectivity index (χ2n) is 4.13. The Bertz CT molecular complexity index is 584. The van der Waals surface area contributed by atoms with Crippen molar-refractivity contribution in [3.63, 3.8) is 0 Å². The third-order valence-corrected chi connectivity index (χ3v) is 2.99. The van der Waals surface area contributed by atoms with Crippen LogP contribution in [-0.4, -0.2) is 44.2 Å². The first-order valence-electron chi connectivity index (χ1n) is 5.38. The molecule has 0 aromatic carbocycles. The van der Waals surface area contributed by atoms with Crippen molar-refractivity contribution in [1.29, 1.82) is 0 Å². The average molecular weight is 269 g/mol. The third-order valence-electron chi connectivity index (χ3n) is 2.99. The summed E-state index contributed by atoms with van der Waals surface area (Å²) in [5.74, 6) is 1.99. The molecule has 0 bridgehead atoms. The molecule has 4 atom stereocenters. The summed E-state index contributed by atoms with van der Waals surface area (Å²) >= 11 is 0. The summed E-state index contributed by atoms with van der Waals surface area (Å²) in [6.45, 7) is -0.779. The molecule has 4 N–H and O–H groups in total. The van der Waals surface area contributed by atoms with E-state index in [-0.39, 0.29) is 5.82 Å². The third kappa shape index (κ3) is 1.98. The zero-order valence-corrected chi connectivity index (χ0v) is 9.73. The van der Waals surface area contributed by atoms with E-state index in [2.05, 4.69) is 4.98 Å². The number of hydrogen-bond donors (Lipinski definition) is 3. The second-order valence-corrected chi connectivity index (χ2v) is 4.13. The molecule has 1 aliphatic heterocycles. The lowest BCUT2D eigenvalue weighted by Crippen LogP contribution is -2.44. The minimum absolute atomic E-state index is 0.0272. The number of aliphatic hydroxyl groups excluding tert-OH is 2. The second kappa shape index (κ2) is 4.62. The van der Waals surface area contributed by atoms with Gasteiger partial charge < -0.3 is 20.7 Å². The number of rotatable bonds is 2. The fraction of sp³-hybridized carbons (Fsp3) is 0.455. The SMILES string of the molecule is C#C[C@]1(CO)O[C@@H](n2ccc(N)nc2=O)C(F)[C@@H]1O. The molecule has 1 fully saturated rings. The summed E-state index contributed by atoms with van der Waals surface area (Å²) in [7, 11) is 0. The molecule has 0 amide bonds. The van der Waals surface area contributed by atoms with Crippen LogP contribution in [0.4, 0.5) is 10.2 Å². The highest BCUT2D eigenvalue weighted by Gasteiger charge is 2.55.